The van der Waals surface area contributed by atoms with E-state index in [0.717, 1.165) is 26.2 Å². The summed E-state index contributed by atoms with van der Waals surface area (Å²) in [6, 6.07) is 0.217. The van der Waals surface area contributed by atoms with Crippen molar-refractivity contribution in [2.75, 3.05) is 32.8 Å². The summed E-state index contributed by atoms with van der Waals surface area (Å²) in [5.74, 6) is 0.215. The van der Waals surface area contributed by atoms with E-state index in [1.54, 1.807) is 0 Å². The Labute approximate surface area is 111 Å². The highest BCUT2D eigenvalue weighted by molar-refractivity contribution is 4.90. The van der Waals surface area contributed by atoms with Crippen molar-refractivity contribution < 1.29 is 10.2 Å². The molecule has 1 saturated heterocycles. The van der Waals surface area contributed by atoms with E-state index in [1.807, 2.05) is 0 Å². The summed E-state index contributed by atoms with van der Waals surface area (Å²) in [5.41, 5.74) is 0.221. The summed E-state index contributed by atoms with van der Waals surface area (Å²) in [4.78, 5) is 4.84. The molecule has 1 unspecified atom stereocenters. The maximum Gasteiger partial charge on any atom is 0.0866 e. The van der Waals surface area contributed by atoms with Gasteiger partial charge in [0.25, 0.3) is 0 Å². The standard InChI is InChI=1S/C14H28N2O2/c1-12(18)11-13(5-10-17)15-6-8-16(9-7-15)14(2,3)4/h13,17-18H,1,5-11H2,2-4H3. The topological polar surface area (TPSA) is 46.9 Å². The number of piperazine rings is 1. The van der Waals surface area contributed by atoms with Crippen LogP contribution in [0.4, 0.5) is 0 Å². The second-order valence-corrected chi connectivity index (χ2v) is 6.13. The molecule has 4 heteroatoms. The highest BCUT2D eigenvalue weighted by Gasteiger charge is 2.28. The molecule has 18 heavy (non-hydrogen) atoms. The van der Waals surface area contributed by atoms with E-state index >= 15 is 0 Å². The van der Waals surface area contributed by atoms with E-state index in [4.69, 9.17) is 5.11 Å². The van der Waals surface area contributed by atoms with Crippen molar-refractivity contribution in [3.63, 3.8) is 0 Å². The van der Waals surface area contributed by atoms with Crippen LogP contribution in [-0.4, -0.2) is 64.4 Å². The summed E-state index contributed by atoms with van der Waals surface area (Å²) >= 11 is 0. The third kappa shape index (κ3) is 4.59. The average Bonchev–Trinajstić information content (AvgIpc) is 2.27. The van der Waals surface area contributed by atoms with Crippen LogP contribution in [0, 0.1) is 0 Å². The number of hydrogen-bond donors (Lipinski definition) is 2. The van der Waals surface area contributed by atoms with Crippen LogP contribution in [0.5, 0.6) is 0 Å². The SMILES string of the molecule is C=C(O)CC(CCO)N1CCN(C(C)(C)C)CC1. The summed E-state index contributed by atoms with van der Waals surface area (Å²) in [7, 11) is 0. The van der Waals surface area contributed by atoms with Gasteiger partial charge in [-0.05, 0) is 27.2 Å². The predicted octanol–water partition coefficient (Wildman–Crippen LogP) is 1.62. The van der Waals surface area contributed by atoms with Gasteiger partial charge in [-0.2, -0.15) is 0 Å². The average molecular weight is 256 g/mol. The first kappa shape index (κ1) is 15.5. The molecule has 0 aliphatic carbocycles. The first-order valence-corrected chi connectivity index (χ1v) is 6.81. The molecule has 1 fully saturated rings. The van der Waals surface area contributed by atoms with Crippen LogP contribution in [-0.2, 0) is 0 Å². The monoisotopic (exact) mass is 256 g/mol. The zero-order valence-electron chi connectivity index (χ0n) is 12.0. The van der Waals surface area contributed by atoms with Crippen molar-refractivity contribution in [3.05, 3.63) is 12.3 Å². The van der Waals surface area contributed by atoms with E-state index in [0.29, 0.717) is 12.8 Å². The van der Waals surface area contributed by atoms with E-state index in [9.17, 15) is 5.11 Å². The molecule has 2 N–H and O–H groups in total. The molecule has 1 atom stereocenters. The van der Waals surface area contributed by atoms with Gasteiger partial charge in [-0.1, -0.05) is 6.58 Å². The Hall–Kier alpha value is -0.580. The number of hydrogen-bond acceptors (Lipinski definition) is 4. The Bertz CT molecular complexity index is 265. The maximum atomic E-state index is 9.35. The molecule has 0 saturated carbocycles. The molecule has 1 aliphatic heterocycles. The van der Waals surface area contributed by atoms with Crippen molar-refractivity contribution >= 4 is 0 Å². The molecule has 106 valence electrons. The molecule has 0 amide bonds. The molecular weight excluding hydrogens is 228 g/mol. The zero-order chi connectivity index (χ0) is 13.8. The van der Waals surface area contributed by atoms with Gasteiger partial charge in [0.1, 0.15) is 0 Å². The van der Waals surface area contributed by atoms with Crippen molar-refractivity contribution in [1.29, 1.82) is 0 Å². The van der Waals surface area contributed by atoms with E-state index < -0.39 is 0 Å². The lowest BCUT2D eigenvalue weighted by Crippen LogP contribution is -2.55. The van der Waals surface area contributed by atoms with Crippen LogP contribution in [0.15, 0.2) is 12.3 Å². The molecule has 0 bridgehead atoms. The Morgan fingerprint density at radius 2 is 1.78 bits per heavy atom. The predicted molar refractivity (Wildman–Crippen MR) is 74.8 cm³/mol. The lowest BCUT2D eigenvalue weighted by molar-refractivity contribution is 0.0337. The van der Waals surface area contributed by atoms with Crippen LogP contribution in [0.2, 0.25) is 0 Å². The van der Waals surface area contributed by atoms with Gasteiger partial charge >= 0.3 is 0 Å². The zero-order valence-corrected chi connectivity index (χ0v) is 12.0. The second kappa shape index (κ2) is 6.55. The van der Waals surface area contributed by atoms with Gasteiger partial charge in [0.15, 0.2) is 0 Å². The summed E-state index contributed by atoms with van der Waals surface area (Å²) in [5, 5.41) is 18.5. The van der Waals surface area contributed by atoms with E-state index in [1.165, 1.54) is 0 Å². The van der Waals surface area contributed by atoms with Gasteiger partial charge in [0.05, 0.1) is 5.76 Å². The first-order chi connectivity index (χ1) is 8.34. The summed E-state index contributed by atoms with van der Waals surface area (Å²) in [6.45, 7) is 14.5. The van der Waals surface area contributed by atoms with Gasteiger partial charge in [-0.25, -0.2) is 0 Å². The molecular formula is C14H28N2O2. The van der Waals surface area contributed by atoms with Crippen LogP contribution in [0.25, 0.3) is 0 Å². The van der Waals surface area contributed by atoms with Gasteiger partial charge < -0.3 is 10.2 Å². The fourth-order valence-electron chi connectivity index (χ4n) is 2.59. The van der Waals surface area contributed by atoms with Gasteiger partial charge in [0.2, 0.25) is 0 Å². The normalized spacial score (nSPS) is 20.9. The van der Waals surface area contributed by atoms with Gasteiger partial charge in [-0.3, -0.25) is 9.80 Å². The molecule has 0 spiro atoms. The van der Waals surface area contributed by atoms with Crippen LogP contribution >= 0.6 is 0 Å². The van der Waals surface area contributed by atoms with E-state index in [-0.39, 0.29) is 23.9 Å². The van der Waals surface area contributed by atoms with Crippen LogP contribution in [0.1, 0.15) is 33.6 Å². The quantitative estimate of drug-likeness (QED) is 0.734. The minimum atomic E-state index is 0.164. The van der Waals surface area contributed by atoms with Gasteiger partial charge in [-0.15, -0.1) is 0 Å². The van der Waals surface area contributed by atoms with Crippen LogP contribution < -0.4 is 0 Å². The molecule has 0 aromatic rings. The Kier molecular flexibility index (Phi) is 5.63. The summed E-state index contributed by atoms with van der Waals surface area (Å²) in [6.07, 6.45) is 1.27. The minimum absolute atomic E-state index is 0.164. The van der Waals surface area contributed by atoms with Crippen LogP contribution in [0.3, 0.4) is 0 Å². The smallest absolute Gasteiger partial charge is 0.0866 e. The fourth-order valence-corrected chi connectivity index (χ4v) is 2.59. The lowest BCUT2D eigenvalue weighted by atomic mass is 10.0. The Morgan fingerprint density at radius 1 is 1.22 bits per heavy atom. The molecule has 0 radical (unpaired) electrons. The molecule has 1 rings (SSSR count). The number of aliphatic hydroxyl groups is 2. The fraction of sp³-hybridized carbons (Fsp3) is 0.857. The number of rotatable bonds is 5. The van der Waals surface area contributed by atoms with Crippen molar-refractivity contribution in [2.24, 2.45) is 0 Å². The molecule has 0 aromatic carbocycles. The minimum Gasteiger partial charge on any atom is -0.513 e. The largest absolute Gasteiger partial charge is 0.513 e. The van der Waals surface area contributed by atoms with Crippen molar-refractivity contribution in [1.82, 2.24) is 9.80 Å². The Morgan fingerprint density at radius 3 is 2.17 bits per heavy atom. The lowest BCUT2D eigenvalue weighted by Gasteiger charge is -2.44. The first-order valence-electron chi connectivity index (χ1n) is 6.81. The maximum absolute atomic E-state index is 9.35. The Balaban J connectivity index is 2.50. The molecule has 0 aromatic heterocycles. The number of aliphatic hydroxyl groups excluding tert-OH is 2. The summed E-state index contributed by atoms with van der Waals surface area (Å²) < 4.78 is 0. The molecule has 1 heterocycles. The third-order valence-electron chi connectivity index (χ3n) is 3.71. The molecule has 4 nitrogen and oxygen atoms in total. The highest BCUT2D eigenvalue weighted by atomic mass is 16.3. The highest BCUT2D eigenvalue weighted by Crippen LogP contribution is 2.19. The van der Waals surface area contributed by atoms with Crippen molar-refractivity contribution in [2.45, 2.75) is 45.2 Å². The third-order valence-corrected chi connectivity index (χ3v) is 3.71. The second-order valence-electron chi connectivity index (χ2n) is 6.13. The number of nitrogens with zero attached hydrogens (tertiary/aromatic N) is 2. The molecule has 1 aliphatic rings. The van der Waals surface area contributed by atoms with Crippen molar-refractivity contribution in [3.8, 4) is 0 Å². The van der Waals surface area contributed by atoms with E-state index in [2.05, 4.69) is 37.1 Å². The van der Waals surface area contributed by atoms with Gasteiger partial charge in [0, 0.05) is 50.8 Å².